The zero-order valence-corrected chi connectivity index (χ0v) is 10.5. The monoisotopic (exact) mass is 252 g/mol. The van der Waals surface area contributed by atoms with Crippen LogP contribution < -0.4 is 10.6 Å². The fourth-order valence-electron chi connectivity index (χ4n) is 1.31. The van der Waals surface area contributed by atoms with Gasteiger partial charge in [-0.2, -0.15) is 0 Å². The van der Waals surface area contributed by atoms with Crippen LogP contribution in [0.3, 0.4) is 0 Å². The van der Waals surface area contributed by atoms with Crippen LogP contribution in [0, 0.1) is 5.41 Å². The first-order valence-corrected chi connectivity index (χ1v) is 5.36. The van der Waals surface area contributed by atoms with Gasteiger partial charge in [0.1, 0.15) is 12.4 Å². The molecule has 2 amide bonds. The molecule has 1 atom stereocenters. The van der Waals surface area contributed by atoms with E-state index < -0.39 is 23.5 Å². The smallest absolute Gasteiger partial charge is 0.326 e. The molecule has 0 spiro atoms. The molecule has 98 valence electrons. The van der Waals surface area contributed by atoms with Gasteiger partial charge in [-0.05, 0) is 5.41 Å². The van der Waals surface area contributed by atoms with E-state index in [1.165, 1.54) is 18.7 Å². The molecule has 1 aromatic heterocycles. The van der Waals surface area contributed by atoms with E-state index in [1.807, 2.05) is 0 Å². The van der Waals surface area contributed by atoms with Crippen molar-refractivity contribution in [2.24, 2.45) is 5.41 Å². The maximum absolute atomic E-state index is 11.6. The lowest BCUT2D eigenvalue weighted by Gasteiger charge is -2.27. The minimum atomic E-state index is -1.08. The summed E-state index contributed by atoms with van der Waals surface area (Å²) in [6, 6.07) is -1.59. The van der Waals surface area contributed by atoms with Crippen molar-refractivity contribution in [1.82, 2.24) is 15.3 Å². The molecule has 0 aliphatic rings. The predicted molar refractivity (Wildman–Crippen MR) is 65.1 cm³/mol. The second-order valence-electron chi connectivity index (χ2n) is 4.86. The molecule has 0 saturated heterocycles. The number of amides is 2. The van der Waals surface area contributed by atoms with Crippen LogP contribution in [0.15, 0.2) is 18.7 Å². The summed E-state index contributed by atoms with van der Waals surface area (Å²) in [4.78, 5) is 30.2. The van der Waals surface area contributed by atoms with E-state index in [-0.39, 0.29) is 0 Å². The van der Waals surface area contributed by atoms with Crippen LogP contribution in [0.5, 0.6) is 0 Å². The fraction of sp³-hybridized carbons (Fsp3) is 0.455. The van der Waals surface area contributed by atoms with Crippen LogP contribution in [0.2, 0.25) is 0 Å². The number of urea groups is 1. The maximum atomic E-state index is 11.6. The Balaban J connectivity index is 2.66. The van der Waals surface area contributed by atoms with Crippen molar-refractivity contribution >= 4 is 17.7 Å². The number of hydrogen-bond acceptors (Lipinski definition) is 4. The topological polar surface area (TPSA) is 104 Å². The molecule has 0 saturated carbocycles. The highest BCUT2D eigenvalue weighted by atomic mass is 16.4. The zero-order valence-electron chi connectivity index (χ0n) is 10.5. The van der Waals surface area contributed by atoms with Gasteiger partial charge in [0, 0.05) is 0 Å². The number of hydrogen-bond donors (Lipinski definition) is 3. The molecule has 3 N–H and O–H groups in total. The Kier molecular flexibility index (Phi) is 4.19. The molecule has 1 aromatic rings. The minimum Gasteiger partial charge on any atom is -0.480 e. The van der Waals surface area contributed by atoms with E-state index in [2.05, 4.69) is 20.6 Å². The average Bonchev–Trinajstić information content (AvgIpc) is 2.25. The Bertz CT molecular complexity index is 428. The molecule has 0 aliphatic heterocycles. The number of aromatic nitrogens is 2. The first kappa shape index (κ1) is 13.9. The van der Waals surface area contributed by atoms with E-state index >= 15 is 0 Å². The van der Waals surface area contributed by atoms with Crippen molar-refractivity contribution in [2.75, 3.05) is 5.32 Å². The molecule has 0 radical (unpaired) electrons. The van der Waals surface area contributed by atoms with E-state index in [4.69, 9.17) is 5.11 Å². The highest BCUT2D eigenvalue weighted by molar-refractivity contribution is 5.92. The highest BCUT2D eigenvalue weighted by Crippen LogP contribution is 2.19. The largest absolute Gasteiger partial charge is 0.480 e. The van der Waals surface area contributed by atoms with E-state index in [1.54, 1.807) is 20.8 Å². The van der Waals surface area contributed by atoms with Crippen LogP contribution in [0.1, 0.15) is 20.8 Å². The number of carbonyl (C=O) groups excluding carboxylic acids is 1. The second kappa shape index (κ2) is 5.44. The molecule has 0 unspecified atom stereocenters. The molecule has 7 nitrogen and oxygen atoms in total. The number of nitrogens with zero attached hydrogens (tertiary/aromatic N) is 2. The first-order chi connectivity index (χ1) is 8.30. The summed E-state index contributed by atoms with van der Waals surface area (Å²) in [5.74, 6) is -1.08. The summed E-state index contributed by atoms with van der Waals surface area (Å²) < 4.78 is 0. The molecule has 0 aromatic carbocycles. The van der Waals surface area contributed by atoms with Crippen LogP contribution in [0.25, 0.3) is 0 Å². The molecular formula is C11H16N4O3. The van der Waals surface area contributed by atoms with Gasteiger partial charge in [0.2, 0.25) is 0 Å². The SMILES string of the molecule is CC(C)(C)[C@H](NC(=O)Nc1cncnc1)C(=O)O. The van der Waals surface area contributed by atoms with E-state index in [9.17, 15) is 9.59 Å². The normalized spacial score (nSPS) is 12.6. The average molecular weight is 252 g/mol. The van der Waals surface area contributed by atoms with Crippen LogP contribution in [-0.4, -0.2) is 33.1 Å². The summed E-state index contributed by atoms with van der Waals surface area (Å²) >= 11 is 0. The molecule has 1 rings (SSSR count). The number of carboxylic acids is 1. The summed E-state index contributed by atoms with van der Waals surface area (Å²) in [6.07, 6.45) is 4.16. The summed E-state index contributed by atoms with van der Waals surface area (Å²) in [5, 5.41) is 13.9. The Labute approximate surface area is 105 Å². The van der Waals surface area contributed by atoms with Crippen molar-refractivity contribution in [3.8, 4) is 0 Å². The quantitative estimate of drug-likeness (QED) is 0.747. The number of carboxylic acid groups (broad SMARTS) is 1. The van der Waals surface area contributed by atoms with Gasteiger partial charge in [-0.3, -0.25) is 0 Å². The Morgan fingerprint density at radius 3 is 2.28 bits per heavy atom. The lowest BCUT2D eigenvalue weighted by atomic mass is 9.87. The van der Waals surface area contributed by atoms with Gasteiger partial charge in [-0.25, -0.2) is 19.6 Å². The minimum absolute atomic E-state index is 0.396. The number of anilines is 1. The third-order valence-electron chi connectivity index (χ3n) is 2.21. The molecule has 1 heterocycles. The number of carbonyl (C=O) groups is 2. The van der Waals surface area contributed by atoms with Crippen LogP contribution in [-0.2, 0) is 4.79 Å². The van der Waals surface area contributed by atoms with Crippen molar-refractivity contribution < 1.29 is 14.7 Å². The van der Waals surface area contributed by atoms with Gasteiger partial charge < -0.3 is 15.7 Å². The van der Waals surface area contributed by atoms with Gasteiger partial charge in [0.25, 0.3) is 0 Å². The van der Waals surface area contributed by atoms with E-state index in [0.717, 1.165) is 0 Å². The predicted octanol–water partition coefficient (Wildman–Crippen LogP) is 1.10. The summed E-state index contributed by atoms with van der Waals surface area (Å²) in [5.41, 5.74) is -0.191. The zero-order chi connectivity index (χ0) is 13.8. The molecule has 0 aliphatic carbocycles. The number of nitrogens with one attached hydrogen (secondary N) is 2. The fourth-order valence-corrected chi connectivity index (χ4v) is 1.31. The second-order valence-corrected chi connectivity index (χ2v) is 4.86. The Hall–Kier alpha value is -2.18. The van der Waals surface area contributed by atoms with Crippen molar-refractivity contribution in [3.05, 3.63) is 18.7 Å². The first-order valence-electron chi connectivity index (χ1n) is 5.36. The van der Waals surface area contributed by atoms with Gasteiger partial charge in [0.05, 0.1) is 18.1 Å². The van der Waals surface area contributed by atoms with Crippen molar-refractivity contribution in [1.29, 1.82) is 0 Å². The molecule has 7 heteroatoms. The van der Waals surface area contributed by atoms with Gasteiger partial charge in [0.15, 0.2) is 0 Å². The summed E-state index contributed by atoms with van der Waals surface area (Å²) in [6.45, 7) is 5.20. The molecule has 0 bridgehead atoms. The van der Waals surface area contributed by atoms with Gasteiger partial charge in [-0.1, -0.05) is 20.8 Å². The van der Waals surface area contributed by atoms with Gasteiger partial charge >= 0.3 is 12.0 Å². The lowest BCUT2D eigenvalue weighted by Crippen LogP contribution is -2.50. The summed E-state index contributed by atoms with van der Waals surface area (Å²) in [7, 11) is 0. The maximum Gasteiger partial charge on any atom is 0.326 e. The molecule has 0 fully saturated rings. The standard InChI is InChI=1S/C11H16N4O3/c1-11(2,3)8(9(16)17)15-10(18)14-7-4-12-6-13-5-7/h4-6,8H,1-3H3,(H,16,17)(H2,14,15,18)/t8-/m1/s1. The van der Waals surface area contributed by atoms with Crippen molar-refractivity contribution in [2.45, 2.75) is 26.8 Å². The van der Waals surface area contributed by atoms with Crippen molar-refractivity contribution in [3.63, 3.8) is 0 Å². The van der Waals surface area contributed by atoms with Crippen LogP contribution in [0.4, 0.5) is 10.5 Å². The Morgan fingerprint density at radius 1 is 1.28 bits per heavy atom. The Morgan fingerprint density at radius 2 is 1.83 bits per heavy atom. The molecular weight excluding hydrogens is 236 g/mol. The third kappa shape index (κ3) is 4.00. The van der Waals surface area contributed by atoms with Crippen LogP contribution >= 0.6 is 0 Å². The number of aliphatic carboxylic acids is 1. The molecule has 18 heavy (non-hydrogen) atoms. The number of rotatable bonds is 3. The lowest BCUT2D eigenvalue weighted by molar-refractivity contribution is -0.141. The highest BCUT2D eigenvalue weighted by Gasteiger charge is 2.32. The van der Waals surface area contributed by atoms with E-state index in [0.29, 0.717) is 5.69 Å². The van der Waals surface area contributed by atoms with Gasteiger partial charge in [-0.15, -0.1) is 0 Å². The third-order valence-corrected chi connectivity index (χ3v) is 2.21.